The van der Waals surface area contributed by atoms with E-state index in [2.05, 4.69) is 0 Å². The molecule has 0 aliphatic heterocycles. The molecular formula is C8H11BCl2O2. The van der Waals surface area contributed by atoms with E-state index in [4.69, 9.17) is 33.2 Å². The van der Waals surface area contributed by atoms with Crippen molar-refractivity contribution >= 4 is 35.8 Å². The lowest BCUT2D eigenvalue weighted by atomic mass is 9.80. The van der Waals surface area contributed by atoms with E-state index >= 15 is 0 Å². The topological polar surface area (TPSA) is 40.5 Å². The largest absolute Gasteiger partial charge is 0.489 e. The van der Waals surface area contributed by atoms with Crippen LogP contribution in [0.1, 0.15) is 13.8 Å². The van der Waals surface area contributed by atoms with Crippen molar-refractivity contribution in [2.45, 2.75) is 13.8 Å². The molecule has 0 fully saturated rings. The van der Waals surface area contributed by atoms with E-state index in [0.717, 1.165) is 0 Å². The molecule has 0 radical (unpaired) electrons. The molecule has 0 aromatic heterocycles. The van der Waals surface area contributed by atoms with Crippen molar-refractivity contribution < 1.29 is 10.0 Å². The molecule has 0 amide bonds. The maximum absolute atomic E-state index is 8.72. The van der Waals surface area contributed by atoms with Gasteiger partial charge in [-0.3, -0.25) is 0 Å². The molecule has 13 heavy (non-hydrogen) atoms. The molecular weight excluding hydrogens is 210 g/mol. The first-order valence-electron chi connectivity index (χ1n) is 3.92. The number of hydrogen-bond donors (Lipinski definition) is 2. The molecule has 0 aliphatic rings. The van der Waals surface area contributed by atoms with Gasteiger partial charge >= 0.3 is 7.12 Å². The van der Waals surface area contributed by atoms with Gasteiger partial charge in [0.1, 0.15) is 0 Å². The molecule has 0 saturated heterocycles. The van der Waals surface area contributed by atoms with Gasteiger partial charge in [-0.2, -0.15) is 0 Å². The van der Waals surface area contributed by atoms with Gasteiger partial charge in [0.2, 0.25) is 0 Å². The summed E-state index contributed by atoms with van der Waals surface area (Å²) in [6.45, 7) is 4.00. The molecule has 0 aliphatic carbocycles. The molecule has 2 N–H and O–H groups in total. The molecule has 0 saturated carbocycles. The zero-order valence-corrected chi connectivity index (χ0v) is 8.97. The van der Waals surface area contributed by atoms with E-state index in [1.165, 1.54) is 12.1 Å². The van der Waals surface area contributed by atoms with Crippen LogP contribution in [0.5, 0.6) is 0 Å². The molecule has 1 aromatic rings. The van der Waals surface area contributed by atoms with Gasteiger partial charge in [0.15, 0.2) is 0 Å². The summed E-state index contributed by atoms with van der Waals surface area (Å²) >= 11 is 11.2. The van der Waals surface area contributed by atoms with Gasteiger partial charge in [0, 0.05) is 15.5 Å². The average Bonchev–Trinajstić information content (AvgIpc) is 2.07. The maximum atomic E-state index is 8.72. The van der Waals surface area contributed by atoms with Gasteiger partial charge in [0.05, 0.1) is 0 Å². The first kappa shape index (κ1) is 12.8. The van der Waals surface area contributed by atoms with Gasteiger partial charge in [-0.25, -0.2) is 0 Å². The van der Waals surface area contributed by atoms with Crippen LogP contribution in [-0.4, -0.2) is 17.2 Å². The smallest absolute Gasteiger partial charge is 0.423 e. The van der Waals surface area contributed by atoms with Crippen LogP contribution in [-0.2, 0) is 0 Å². The van der Waals surface area contributed by atoms with E-state index in [-0.39, 0.29) is 10.5 Å². The van der Waals surface area contributed by atoms with Crippen molar-refractivity contribution in [3.63, 3.8) is 0 Å². The fourth-order valence-electron chi connectivity index (χ4n) is 0.711. The highest BCUT2D eigenvalue weighted by atomic mass is 35.5. The third kappa shape index (κ3) is 4.01. The number of benzene rings is 1. The molecule has 1 aromatic carbocycles. The highest BCUT2D eigenvalue weighted by molar-refractivity contribution is 6.62. The third-order valence-electron chi connectivity index (χ3n) is 1.24. The fraction of sp³-hybridized carbons (Fsp3) is 0.250. The summed E-state index contributed by atoms with van der Waals surface area (Å²) in [5, 5.41) is 18.2. The molecule has 0 spiro atoms. The van der Waals surface area contributed by atoms with Crippen molar-refractivity contribution in [1.82, 2.24) is 0 Å². The molecule has 5 heteroatoms. The van der Waals surface area contributed by atoms with Crippen molar-refractivity contribution in [2.24, 2.45) is 0 Å². The fourth-order valence-corrected chi connectivity index (χ4v) is 1.22. The second-order valence-electron chi connectivity index (χ2n) is 2.04. The lowest BCUT2D eigenvalue weighted by Crippen LogP contribution is -2.30. The van der Waals surface area contributed by atoms with Crippen LogP contribution < -0.4 is 5.46 Å². The summed E-state index contributed by atoms with van der Waals surface area (Å²) in [7, 11) is -1.54. The minimum absolute atomic E-state index is 0.257. The van der Waals surface area contributed by atoms with E-state index in [1.807, 2.05) is 13.8 Å². The number of hydrogen-bond acceptors (Lipinski definition) is 2. The van der Waals surface area contributed by atoms with Gasteiger partial charge in [-0.15, -0.1) is 0 Å². The van der Waals surface area contributed by atoms with Crippen LogP contribution in [0, 0.1) is 0 Å². The summed E-state index contributed by atoms with van der Waals surface area (Å²) in [5.74, 6) is 0. The Morgan fingerprint density at radius 2 is 1.69 bits per heavy atom. The summed E-state index contributed by atoms with van der Waals surface area (Å²) in [4.78, 5) is 0. The summed E-state index contributed by atoms with van der Waals surface area (Å²) in [6.07, 6.45) is 0. The first-order valence-corrected chi connectivity index (χ1v) is 4.68. The average molecular weight is 221 g/mol. The zero-order chi connectivity index (χ0) is 10.4. The van der Waals surface area contributed by atoms with Crippen molar-refractivity contribution in [2.75, 3.05) is 0 Å². The Kier molecular flexibility index (Phi) is 6.17. The Morgan fingerprint density at radius 3 is 2.08 bits per heavy atom. The predicted octanol–water partition coefficient (Wildman–Crippen LogP) is 1.70. The van der Waals surface area contributed by atoms with Crippen LogP contribution in [0.3, 0.4) is 0 Å². The molecule has 72 valence electrons. The standard InChI is InChI=1S/C6H5BCl2O2.C2H6/c8-4-1-2-5(7(10)11)6(9)3-4;1-2/h1-3,10-11H;1-2H3. The van der Waals surface area contributed by atoms with Gasteiger partial charge in [0.25, 0.3) is 0 Å². The van der Waals surface area contributed by atoms with Crippen LogP contribution in [0.15, 0.2) is 18.2 Å². The van der Waals surface area contributed by atoms with Crippen LogP contribution in [0.4, 0.5) is 0 Å². The highest BCUT2D eigenvalue weighted by Gasteiger charge is 2.14. The molecule has 0 bridgehead atoms. The molecule has 2 nitrogen and oxygen atoms in total. The number of halogens is 2. The lowest BCUT2D eigenvalue weighted by molar-refractivity contribution is 0.426. The Morgan fingerprint density at radius 1 is 1.15 bits per heavy atom. The maximum Gasteiger partial charge on any atom is 0.489 e. The van der Waals surface area contributed by atoms with Crippen molar-refractivity contribution in [3.05, 3.63) is 28.2 Å². The predicted molar refractivity (Wildman–Crippen MR) is 57.6 cm³/mol. The minimum atomic E-state index is -1.54. The van der Waals surface area contributed by atoms with E-state index in [0.29, 0.717) is 5.02 Å². The summed E-state index contributed by atoms with van der Waals surface area (Å²) < 4.78 is 0. The third-order valence-corrected chi connectivity index (χ3v) is 1.80. The highest BCUT2D eigenvalue weighted by Crippen LogP contribution is 2.13. The minimum Gasteiger partial charge on any atom is -0.423 e. The summed E-state index contributed by atoms with van der Waals surface area (Å²) in [5.41, 5.74) is 0.260. The zero-order valence-electron chi connectivity index (χ0n) is 7.46. The molecule has 0 heterocycles. The quantitative estimate of drug-likeness (QED) is 0.708. The Bertz CT molecular complexity index is 266. The van der Waals surface area contributed by atoms with Crippen LogP contribution in [0.2, 0.25) is 10.0 Å². The van der Waals surface area contributed by atoms with E-state index in [1.54, 1.807) is 6.07 Å². The number of rotatable bonds is 1. The molecule has 0 atom stereocenters. The van der Waals surface area contributed by atoms with Gasteiger partial charge in [-0.1, -0.05) is 43.1 Å². The van der Waals surface area contributed by atoms with E-state index < -0.39 is 7.12 Å². The van der Waals surface area contributed by atoms with Crippen molar-refractivity contribution in [3.8, 4) is 0 Å². The Balaban J connectivity index is 0.000000671. The monoisotopic (exact) mass is 220 g/mol. The Hall–Kier alpha value is -0.215. The summed E-state index contributed by atoms with van der Waals surface area (Å²) in [6, 6.07) is 4.47. The van der Waals surface area contributed by atoms with Gasteiger partial charge < -0.3 is 10.0 Å². The van der Waals surface area contributed by atoms with E-state index in [9.17, 15) is 0 Å². The molecule has 0 unspecified atom stereocenters. The van der Waals surface area contributed by atoms with Crippen molar-refractivity contribution in [1.29, 1.82) is 0 Å². The van der Waals surface area contributed by atoms with Crippen LogP contribution in [0.25, 0.3) is 0 Å². The van der Waals surface area contributed by atoms with Crippen LogP contribution >= 0.6 is 23.2 Å². The molecule has 1 rings (SSSR count). The first-order chi connectivity index (χ1) is 6.11. The van der Waals surface area contributed by atoms with Gasteiger partial charge in [-0.05, 0) is 12.1 Å². The second kappa shape index (κ2) is 6.27. The SMILES string of the molecule is CC.OB(O)c1ccc(Cl)cc1Cl. The Labute approximate surface area is 88.3 Å². The second-order valence-corrected chi connectivity index (χ2v) is 2.88. The normalized spacial score (nSPS) is 8.77. The lowest BCUT2D eigenvalue weighted by Gasteiger charge is -2.01.